The molecule has 0 aromatic carbocycles. The van der Waals surface area contributed by atoms with Gasteiger partial charge >= 0.3 is 0 Å². The van der Waals surface area contributed by atoms with Crippen LogP contribution in [0, 0.1) is 0 Å². The number of rotatable bonds is 6. The highest BCUT2D eigenvalue weighted by Gasteiger charge is 2.17. The highest BCUT2D eigenvalue weighted by atomic mass is 32.1. The zero-order chi connectivity index (χ0) is 13.5. The third-order valence-electron chi connectivity index (χ3n) is 3.39. The van der Waals surface area contributed by atoms with Gasteiger partial charge in [0.2, 0.25) is 5.91 Å². The Labute approximate surface area is 118 Å². The predicted octanol–water partition coefficient (Wildman–Crippen LogP) is 2.04. The number of thiophene rings is 1. The molecule has 2 heterocycles. The van der Waals surface area contributed by atoms with Gasteiger partial charge in [-0.2, -0.15) is 0 Å². The Bertz CT molecular complexity index is 375. The maximum Gasteiger partial charge on any atom is 0.224 e. The monoisotopic (exact) mass is 282 g/mol. The van der Waals surface area contributed by atoms with Crippen LogP contribution >= 0.6 is 11.3 Å². The maximum absolute atomic E-state index is 12.0. The Balaban J connectivity index is 1.71. The number of ether oxygens (including phenoxy) is 1. The maximum atomic E-state index is 12.0. The molecule has 0 saturated carbocycles. The number of hydrogen-bond donors (Lipinski definition) is 1. The molecule has 1 N–H and O–H groups in total. The van der Waals surface area contributed by atoms with Crippen molar-refractivity contribution in [3.05, 3.63) is 22.4 Å². The van der Waals surface area contributed by atoms with Crippen LogP contribution in [0.4, 0.5) is 0 Å². The van der Waals surface area contributed by atoms with Gasteiger partial charge in [0.1, 0.15) is 0 Å². The van der Waals surface area contributed by atoms with E-state index in [4.69, 9.17) is 4.74 Å². The van der Waals surface area contributed by atoms with Crippen molar-refractivity contribution < 1.29 is 9.53 Å². The highest BCUT2D eigenvalue weighted by Crippen LogP contribution is 2.21. The van der Waals surface area contributed by atoms with Crippen LogP contribution in [0.5, 0.6) is 0 Å². The Morgan fingerprint density at radius 2 is 2.32 bits per heavy atom. The van der Waals surface area contributed by atoms with Crippen LogP contribution in [0.3, 0.4) is 0 Å². The van der Waals surface area contributed by atoms with Gasteiger partial charge in [0.05, 0.1) is 13.2 Å². The van der Waals surface area contributed by atoms with E-state index in [1.165, 1.54) is 4.88 Å². The van der Waals surface area contributed by atoms with Crippen LogP contribution in [0.25, 0.3) is 0 Å². The van der Waals surface area contributed by atoms with Crippen molar-refractivity contribution in [2.75, 3.05) is 32.8 Å². The van der Waals surface area contributed by atoms with Crippen molar-refractivity contribution in [2.45, 2.75) is 25.8 Å². The van der Waals surface area contributed by atoms with E-state index in [1.54, 1.807) is 11.3 Å². The second-order valence-corrected chi connectivity index (χ2v) is 5.65. The molecule has 19 heavy (non-hydrogen) atoms. The lowest BCUT2D eigenvalue weighted by atomic mass is 10.2. The van der Waals surface area contributed by atoms with Crippen molar-refractivity contribution >= 4 is 17.2 Å². The minimum atomic E-state index is 0.233. The molecule has 1 amide bonds. The summed E-state index contributed by atoms with van der Waals surface area (Å²) in [6.45, 7) is 5.73. The van der Waals surface area contributed by atoms with Crippen LogP contribution in [0.15, 0.2) is 17.5 Å². The van der Waals surface area contributed by atoms with E-state index in [2.05, 4.69) is 29.8 Å². The first-order valence-electron chi connectivity index (χ1n) is 6.93. The lowest BCUT2D eigenvalue weighted by Gasteiger charge is -2.27. The molecule has 106 valence electrons. The summed E-state index contributed by atoms with van der Waals surface area (Å²) < 4.78 is 5.25. The molecule has 4 nitrogen and oxygen atoms in total. The third kappa shape index (κ3) is 4.30. The Hall–Kier alpha value is -0.910. The largest absolute Gasteiger partial charge is 0.378 e. The van der Waals surface area contributed by atoms with Crippen molar-refractivity contribution in [3.63, 3.8) is 0 Å². The van der Waals surface area contributed by atoms with Crippen molar-refractivity contribution in [1.29, 1.82) is 0 Å². The lowest BCUT2D eigenvalue weighted by Crippen LogP contribution is -2.41. The summed E-state index contributed by atoms with van der Waals surface area (Å²) in [5, 5.41) is 5.57. The highest BCUT2D eigenvalue weighted by molar-refractivity contribution is 7.10. The first-order valence-corrected chi connectivity index (χ1v) is 7.81. The number of morpholine rings is 1. The second-order valence-electron chi connectivity index (χ2n) is 4.67. The molecule has 1 aliphatic heterocycles. The summed E-state index contributed by atoms with van der Waals surface area (Å²) >= 11 is 1.77. The molecular weight excluding hydrogens is 260 g/mol. The zero-order valence-electron chi connectivity index (χ0n) is 11.4. The van der Waals surface area contributed by atoms with Gasteiger partial charge < -0.3 is 15.0 Å². The van der Waals surface area contributed by atoms with E-state index in [0.717, 1.165) is 26.1 Å². The van der Waals surface area contributed by atoms with E-state index >= 15 is 0 Å². The quantitative estimate of drug-likeness (QED) is 0.868. The minimum absolute atomic E-state index is 0.233. The zero-order valence-corrected chi connectivity index (χ0v) is 12.2. The van der Waals surface area contributed by atoms with E-state index in [0.29, 0.717) is 25.7 Å². The fourth-order valence-electron chi connectivity index (χ4n) is 2.26. The Morgan fingerprint density at radius 3 is 2.95 bits per heavy atom. The van der Waals surface area contributed by atoms with Gasteiger partial charge in [-0.3, -0.25) is 4.79 Å². The van der Waals surface area contributed by atoms with Crippen LogP contribution in [0.1, 0.15) is 30.7 Å². The molecule has 0 radical (unpaired) electrons. The average molecular weight is 282 g/mol. The van der Waals surface area contributed by atoms with Gasteiger partial charge in [-0.25, -0.2) is 0 Å². The van der Waals surface area contributed by atoms with Crippen molar-refractivity contribution in [1.82, 2.24) is 10.2 Å². The molecule has 5 heteroatoms. The molecule has 1 saturated heterocycles. The minimum Gasteiger partial charge on any atom is -0.378 e. The van der Waals surface area contributed by atoms with Gasteiger partial charge in [0, 0.05) is 37.0 Å². The lowest BCUT2D eigenvalue weighted by molar-refractivity contribution is -0.135. The van der Waals surface area contributed by atoms with Crippen LogP contribution in [-0.2, 0) is 9.53 Å². The van der Waals surface area contributed by atoms with E-state index in [-0.39, 0.29) is 5.91 Å². The molecule has 0 spiro atoms. The van der Waals surface area contributed by atoms with Gasteiger partial charge in [-0.15, -0.1) is 11.3 Å². The standard InChI is InChI=1S/C14H22N2O2S/c1-2-12(13-4-3-11-19-13)15-6-5-14(17)16-7-9-18-10-8-16/h3-4,11-12,15H,2,5-10H2,1H3. The predicted molar refractivity (Wildman–Crippen MR) is 77.4 cm³/mol. The molecule has 1 aliphatic rings. The van der Waals surface area contributed by atoms with Crippen molar-refractivity contribution in [2.24, 2.45) is 0 Å². The average Bonchev–Trinajstić information content (AvgIpc) is 2.98. The summed E-state index contributed by atoms with van der Waals surface area (Å²) in [6.07, 6.45) is 1.62. The summed E-state index contributed by atoms with van der Waals surface area (Å²) in [4.78, 5) is 15.2. The molecule has 0 bridgehead atoms. The van der Waals surface area contributed by atoms with E-state index in [1.807, 2.05) is 4.90 Å². The fourth-order valence-corrected chi connectivity index (χ4v) is 3.15. The number of carbonyl (C=O) groups excluding carboxylic acids is 1. The van der Waals surface area contributed by atoms with Gasteiger partial charge in [0.15, 0.2) is 0 Å². The molecule has 1 unspecified atom stereocenters. The van der Waals surface area contributed by atoms with Gasteiger partial charge in [-0.1, -0.05) is 13.0 Å². The molecule has 2 rings (SSSR count). The number of nitrogens with one attached hydrogen (secondary N) is 1. The van der Waals surface area contributed by atoms with Crippen LogP contribution in [-0.4, -0.2) is 43.7 Å². The second kappa shape index (κ2) is 7.62. The first kappa shape index (κ1) is 14.5. The summed E-state index contributed by atoms with van der Waals surface area (Å²) in [7, 11) is 0. The fraction of sp³-hybridized carbons (Fsp3) is 0.643. The van der Waals surface area contributed by atoms with Gasteiger partial charge in [0.25, 0.3) is 0 Å². The summed E-state index contributed by atoms with van der Waals surface area (Å²) in [5.41, 5.74) is 0. The van der Waals surface area contributed by atoms with Gasteiger partial charge in [-0.05, 0) is 17.9 Å². The molecule has 1 fully saturated rings. The Kier molecular flexibility index (Phi) is 5.82. The SMILES string of the molecule is CCC(NCCC(=O)N1CCOCC1)c1cccs1. The number of amides is 1. The molecule has 1 atom stereocenters. The number of carbonyl (C=O) groups is 1. The first-order chi connectivity index (χ1) is 9.31. The molecule has 1 aromatic rings. The number of nitrogens with zero attached hydrogens (tertiary/aromatic N) is 1. The van der Waals surface area contributed by atoms with Crippen LogP contribution in [0.2, 0.25) is 0 Å². The molecule has 1 aromatic heterocycles. The molecular formula is C14H22N2O2S. The normalized spacial score (nSPS) is 17.4. The van der Waals surface area contributed by atoms with E-state index < -0.39 is 0 Å². The summed E-state index contributed by atoms with van der Waals surface area (Å²) in [6, 6.07) is 4.59. The third-order valence-corrected chi connectivity index (χ3v) is 4.37. The number of hydrogen-bond acceptors (Lipinski definition) is 4. The topological polar surface area (TPSA) is 41.6 Å². The molecule has 0 aliphatic carbocycles. The Morgan fingerprint density at radius 1 is 1.53 bits per heavy atom. The summed E-state index contributed by atoms with van der Waals surface area (Å²) in [5.74, 6) is 0.233. The smallest absolute Gasteiger partial charge is 0.224 e. The van der Waals surface area contributed by atoms with Crippen LogP contribution < -0.4 is 5.32 Å². The van der Waals surface area contributed by atoms with E-state index in [9.17, 15) is 4.79 Å². The van der Waals surface area contributed by atoms with Crippen molar-refractivity contribution in [3.8, 4) is 0 Å².